The zero-order valence-corrected chi connectivity index (χ0v) is 30.4. The van der Waals surface area contributed by atoms with Gasteiger partial charge in [0.1, 0.15) is 18.2 Å². The van der Waals surface area contributed by atoms with Crippen LogP contribution in [0.15, 0.2) is 12.7 Å². The third-order valence-electron chi connectivity index (χ3n) is 16.1. The Morgan fingerprint density at radius 3 is 2.27 bits per heavy atom. The van der Waals surface area contributed by atoms with E-state index in [1.165, 1.54) is 26.2 Å². The number of carbonyl (C=O) groups excluding carboxylic acids is 2. The Morgan fingerprint density at radius 2 is 1.65 bits per heavy atom. The molecular formula is C39H60N2O7. The van der Waals surface area contributed by atoms with Crippen LogP contribution in [0.2, 0.25) is 0 Å². The van der Waals surface area contributed by atoms with Crippen molar-refractivity contribution in [3.05, 3.63) is 12.7 Å². The van der Waals surface area contributed by atoms with Gasteiger partial charge in [-0.25, -0.2) is 9.59 Å². The maximum absolute atomic E-state index is 12.9. The third kappa shape index (κ3) is 4.53. The molecule has 5 aliphatic carbocycles. The van der Waals surface area contributed by atoms with Crippen LogP contribution in [0.25, 0.3) is 0 Å². The summed E-state index contributed by atoms with van der Waals surface area (Å²) in [6.45, 7) is 21.5. The molecule has 2 heterocycles. The van der Waals surface area contributed by atoms with E-state index in [4.69, 9.17) is 14.2 Å². The van der Waals surface area contributed by atoms with E-state index in [1.807, 2.05) is 0 Å². The number of fused-ring (bicyclic) bond motifs is 4. The lowest BCUT2D eigenvalue weighted by molar-refractivity contribution is -0.167. The van der Waals surface area contributed by atoms with Crippen molar-refractivity contribution >= 4 is 18.2 Å². The van der Waals surface area contributed by atoms with Gasteiger partial charge in [0.15, 0.2) is 0 Å². The topological polar surface area (TPSA) is 114 Å². The molecule has 9 nitrogen and oxygen atoms in total. The van der Waals surface area contributed by atoms with Crippen LogP contribution < -0.4 is 5.32 Å². The van der Waals surface area contributed by atoms with E-state index in [2.05, 4.69) is 59.5 Å². The van der Waals surface area contributed by atoms with Gasteiger partial charge in [-0.3, -0.25) is 4.79 Å². The molecule has 13 atom stereocenters. The van der Waals surface area contributed by atoms with Gasteiger partial charge in [0, 0.05) is 24.4 Å². The normalized spacial score (nSPS) is 46.2. The molecule has 0 radical (unpaired) electrons. The van der Waals surface area contributed by atoms with Gasteiger partial charge in [0.2, 0.25) is 0 Å². The van der Waals surface area contributed by atoms with Crippen molar-refractivity contribution in [3.8, 4) is 0 Å². The van der Waals surface area contributed by atoms with Crippen molar-refractivity contribution < 1.29 is 33.7 Å². The van der Waals surface area contributed by atoms with Crippen LogP contribution in [0, 0.1) is 56.7 Å². The Labute approximate surface area is 287 Å². The number of nitrogens with zero attached hydrogens (tertiary/aromatic N) is 1. The van der Waals surface area contributed by atoms with E-state index in [9.17, 15) is 19.5 Å². The molecule has 2 N–H and O–H groups in total. The minimum absolute atomic E-state index is 0.0533. The van der Waals surface area contributed by atoms with Gasteiger partial charge in [0.05, 0.1) is 12.2 Å². The molecule has 7 aliphatic rings. The minimum Gasteiger partial charge on any atom is -0.480 e. The monoisotopic (exact) mass is 668 g/mol. The molecule has 0 aromatic rings. The number of likely N-dealkylation sites (tertiary alicyclic amines) is 1. The Morgan fingerprint density at radius 1 is 0.958 bits per heavy atom. The maximum atomic E-state index is 12.9. The first-order valence-corrected chi connectivity index (χ1v) is 19.0. The Bertz CT molecular complexity index is 1350. The van der Waals surface area contributed by atoms with Crippen LogP contribution in [0.1, 0.15) is 113 Å². The summed E-state index contributed by atoms with van der Waals surface area (Å²) in [4.78, 5) is 38.8. The zero-order chi connectivity index (χ0) is 34.6. The highest BCUT2D eigenvalue weighted by atomic mass is 16.6. The van der Waals surface area contributed by atoms with E-state index < -0.39 is 18.1 Å². The Kier molecular flexibility index (Phi) is 8.09. The molecule has 13 unspecified atom stereocenters. The Hall–Kier alpha value is -2.29. The lowest BCUT2D eigenvalue weighted by Gasteiger charge is -2.64. The summed E-state index contributed by atoms with van der Waals surface area (Å²) >= 11 is 0. The first kappa shape index (κ1) is 34.2. The first-order chi connectivity index (χ1) is 22.6. The fourth-order valence-corrected chi connectivity index (χ4v) is 13.5. The van der Waals surface area contributed by atoms with Crippen LogP contribution in [0.3, 0.4) is 0 Å². The number of alkyl carbamates (subject to hydrolysis) is 1. The number of hydrogen-bond acceptors (Lipinski definition) is 6. The number of carbonyl (C=O) groups is 3. The highest BCUT2D eigenvalue weighted by molar-refractivity contribution is 5.79. The molecule has 7 rings (SSSR count). The first-order valence-electron chi connectivity index (χ1n) is 19.0. The van der Waals surface area contributed by atoms with Gasteiger partial charge in [-0.05, 0) is 116 Å². The summed E-state index contributed by atoms with van der Waals surface area (Å²) in [5.74, 6) is 0.829. The molecule has 0 aromatic carbocycles. The van der Waals surface area contributed by atoms with E-state index in [1.54, 1.807) is 4.90 Å². The Balaban J connectivity index is 1.12. The van der Waals surface area contributed by atoms with Crippen LogP contribution >= 0.6 is 0 Å². The fourth-order valence-electron chi connectivity index (χ4n) is 13.5. The molecule has 268 valence electrons. The molecule has 2 saturated heterocycles. The number of hydrogen-bond donors (Lipinski definition) is 2. The molecule has 2 spiro atoms. The molecule has 7 fully saturated rings. The lowest BCUT2D eigenvalue weighted by Crippen LogP contribution is -2.59. The number of amides is 2. The van der Waals surface area contributed by atoms with Gasteiger partial charge in [-0.15, -0.1) is 6.58 Å². The molecular weight excluding hydrogens is 608 g/mol. The highest BCUT2D eigenvalue weighted by Crippen LogP contribution is 2.89. The molecule has 0 bridgehead atoms. The number of rotatable bonds is 7. The average molecular weight is 669 g/mol. The largest absolute Gasteiger partial charge is 0.480 e. The van der Waals surface area contributed by atoms with E-state index in [0.717, 1.165) is 58.0 Å². The molecule has 9 heteroatoms. The van der Waals surface area contributed by atoms with Crippen molar-refractivity contribution in [1.29, 1.82) is 0 Å². The van der Waals surface area contributed by atoms with Gasteiger partial charge in [0.25, 0.3) is 0 Å². The van der Waals surface area contributed by atoms with Crippen molar-refractivity contribution in [3.63, 3.8) is 0 Å². The molecule has 2 amide bonds. The second-order valence-corrected chi connectivity index (χ2v) is 18.3. The molecule has 2 aliphatic heterocycles. The summed E-state index contributed by atoms with van der Waals surface area (Å²) in [6.07, 6.45) is 11.8. The third-order valence-corrected chi connectivity index (χ3v) is 16.1. The SMILES string of the molecule is C=CC1C2OC(C(OC(=O)N3CCC3)C(C)C)CCC2C2(C)CCC34CC35CCC(OC(=O)NC(C)C(=O)O)C(C)(C)C5CCC4C12C. The summed E-state index contributed by atoms with van der Waals surface area (Å²) in [5, 5.41) is 11.8. The second-order valence-electron chi connectivity index (χ2n) is 18.3. The van der Waals surface area contributed by atoms with E-state index >= 15 is 0 Å². The van der Waals surface area contributed by atoms with E-state index in [-0.39, 0.29) is 69.4 Å². The average Bonchev–Trinajstić information content (AvgIpc) is 3.61. The highest BCUT2D eigenvalue weighted by Gasteiger charge is 2.84. The van der Waals surface area contributed by atoms with Crippen LogP contribution in [-0.2, 0) is 19.0 Å². The molecule has 48 heavy (non-hydrogen) atoms. The summed E-state index contributed by atoms with van der Waals surface area (Å²) < 4.78 is 19.3. The number of ether oxygens (including phenoxy) is 3. The summed E-state index contributed by atoms with van der Waals surface area (Å²) in [5.41, 5.74) is 0.538. The number of carboxylic acids is 1. The fraction of sp³-hybridized carbons (Fsp3) is 0.872. The molecule has 0 aromatic heterocycles. The van der Waals surface area contributed by atoms with E-state index in [0.29, 0.717) is 17.8 Å². The smallest absolute Gasteiger partial charge is 0.410 e. The van der Waals surface area contributed by atoms with Crippen molar-refractivity contribution in [2.24, 2.45) is 56.7 Å². The number of carboxylic acid groups (broad SMARTS) is 1. The predicted molar refractivity (Wildman–Crippen MR) is 181 cm³/mol. The van der Waals surface area contributed by atoms with Crippen molar-refractivity contribution in [1.82, 2.24) is 10.2 Å². The van der Waals surface area contributed by atoms with Crippen molar-refractivity contribution in [2.75, 3.05) is 13.1 Å². The van der Waals surface area contributed by atoms with Crippen LogP contribution in [0.4, 0.5) is 9.59 Å². The zero-order valence-electron chi connectivity index (χ0n) is 30.4. The van der Waals surface area contributed by atoms with Gasteiger partial charge >= 0.3 is 18.2 Å². The summed E-state index contributed by atoms with van der Waals surface area (Å²) in [7, 11) is 0. The molecule has 5 saturated carbocycles. The summed E-state index contributed by atoms with van der Waals surface area (Å²) in [6, 6.07) is -0.987. The van der Waals surface area contributed by atoms with Gasteiger partial charge in [-0.2, -0.15) is 0 Å². The standard InChI is InChI=1S/C39H60N2O7/c1-9-24-31-25(11-12-26(46-31)30(22(2)3)48-34(45)41-19-10-20-41)36(7)17-18-39-21-38(39)16-15-29(47-33(44)40-23(4)32(42)43)35(5,6)27(38)13-14-28(39)37(24,36)8/h9,22-31H,1,10-21H2,2-8H3,(H,40,44)(H,42,43). The van der Waals surface area contributed by atoms with Crippen LogP contribution in [0.5, 0.6) is 0 Å². The van der Waals surface area contributed by atoms with Crippen molar-refractivity contribution in [2.45, 2.75) is 143 Å². The van der Waals surface area contributed by atoms with Crippen LogP contribution in [-0.4, -0.2) is 71.7 Å². The van der Waals surface area contributed by atoms with Gasteiger partial charge < -0.3 is 29.5 Å². The van der Waals surface area contributed by atoms with Gasteiger partial charge in [-0.1, -0.05) is 47.6 Å². The number of aliphatic carboxylic acids is 1. The minimum atomic E-state index is -1.07. The second kappa shape index (κ2) is 11.4. The quantitative estimate of drug-likeness (QED) is 0.271. The maximum Gasteiger partial charge on any atom is 0.410 e. The predicted octanol–water partition coefficient (Wildman–Crippen LogP) is 7.43. The lowest BCUT2D eigenvalue weighted by atomic mass is 9.41. The number of nitrogens with one attached hydrogen (secondary N) is 1.